The van der Waals surface area contributed by atoms with Gasteiger partial charge in [-0.25, -0.2) is 0 Å². The monoisotopic (exact) mass is 186 g/mol. The van der Waals surface area contributed by atoms with Crippen LogP contribution in [-0.4, -0.2) is 24.4 Å². The molecule has 10 heavy (non-hydrogen) atoms. The van der Waals surface area contributed by atoms with Crippen molar-refractivity contribution in [1.82, 2.24) is 0 Å². The van der Waals surface area contributed by atoms with Crippen LogP contribution in [0.25, 0.3) is 0 Å². The lowest BCUT2D eigenvalue weighted by Crippen LogP contribution is -1.87. The topological polar surface area (TPSA) is 63.6 Å². The van der Waals surface area contributed by atoms with Crippen molar-refractivity contribution in [3.63, 3.8) is 0 Å². The van der Waals surface area contributed by atoms with Gasteiger partial charge in [-0.15, -0.1) is 0 Å². The first kappa shape index (κ1) is 10.4. The van der Waals surface area contributed by atoms with Crippen molar-refractivity contribution in [3.05, 3.63) is 0 Å². The van der Waals surface area contributed by atoms with Crippen LogP contribution < -0.4 is 0 Å². The van der Waals surface area contributed by atoms with Crippen molar-refractivity contribution >= 4 is 15.0 Å². The third-order valence-electron chi connectivity index (χ3n) is 0.899. The summed E-state index contributed by atoms with van der Waals surface area (Å²) in [5.41, 5.74) is 0. The van der Waals surface area contributed by atoms with Gasteiger partial charge in [0.25, 0.3) is 0 Å². The molecule has 0 aromatic carbocycles. The lowest BCUT2D eigenvalue weighted by Gasteiger charge is -2.12. The van der Waals surface area contributed by atoms with Gasteiger partial charge in [-0.1, -0.05) is 6.92 Å². The van der Waals surface area contributed by atoms with Crippen LogP contribution in [0.4, 0.5) is 0 Å². The van der Waals surface area contributed by atoms with Crippen LogP contribution in [0, 0.1) is 0 Å². The van der Waals surface area contributed by atoms with Gasteiger partial charge in [-0.3, -0.25) is 13.4 Å². The van der Waals surface area contributed by atoms with Crippen LogP contribution in [0.3, 0.4) is 0 Å². The largest absolute Gasteiger partial charge is 0.330 e. The number of hydrogen-bond acceptors (Lipinski definition) is 3. The highest BCUT2D eigenvalue weighted by Crippen LogP contribution is 2.56. The minimum absolute atomic E-state index is 0.283. The Balaban J connectivity index is 4.17. The van der Waals surface area contributed by atoms with Gasteiger partial charge in [0.05, 0.1) is 0 Å². The third-order valence-corrected chi connectivity index (χ3v) is 4.64. The van der Waals surface area contributed by atoms with Crippen LogP contribution in [0.1, 0.15) is 6.92 Å². The Labute approximate surface area is 60.6 Å². The van der Waals surface area contributed by atoms with Crippen molar-refractivity contribution in [3.8, 4) is 0 Å². The second kappa shape index (κ2) is 3.19. The molecule has 1 N–H and O–H groups in total. The predicted molar refractivity (Wildman–Crippen MR) is 40.9 cm³/mol. The maximum absolute atomic E-state index is 11.0. The molecular formula is C4H12O4P2. The Morgan fingerprint density at radius 2 is 1.80 bits per heavy atom. The minimum atomic E-state index is -3.57. The van der Waals surface area contributed by atoms with Gasteiger partial charge in [-0.2, -0.15) is 0 Å². The normalized spacial score (nSPS) is 23.2. The van der Waals surface area contributed by atoms with E-state index < -0.39 is 15.0 Å². The summed E-state index contributed by atoms with van der Waals surface area (Å²) >= 11 is 0. The van der Waals surface area contributed by atoms with E-state index in [-0.39, 0.29) is 6.16 Å². The van der Waals surface area contributed by atoms with Crippen molar-refractivity contribution in [2.45, 2.75) is 6.92 Å². The Hall–Kier alpha value is 0.380. The van der Waals surface area contributed by atoms with E-state index in [0.717, 1.165) is 6.66 Å². The molecule has 0 rings (SSSR count). The molecule has 0 saturated heterocycles. The van der Waals surface area contributed by atoms with E-state index in [0.29, 0.717) is 0 Å². The zero-order valence-corrected chi connectivity index (χ0v) is 8.06. The van der Waals surface area contributed by atoms with Crippen LogP contribution in [0.2, 0.25) is 0 Å². The first-order valence-electron chi connectivity index (χ1n) is 2.85. The molecule has 0 radical (unpaired) electrons. The fourth-order valence-electron chi connectivity index (χ4n) is 0.378. The zero-order valence-electron chi connectivity index (χ0n) is 6.27. The molecule has 0 aromatic heterocycles. The summed E-state index contributed by atoms with van der Waals surface area (Å²) in [6, 6.07) is 0. The summed E-state index contributed by atoms with van der Waals surface area (Å²) < 4.78 is 26.0. The second-order valence-electron chi connectivity index (χ2n) is 2.21. The maximum Gasteiger partial charge on any atom is 0.330 e. The van der Waals surface area contributed by atoms with Crippen molar-refractivity contribution in [1.29, 1.82) is 0 Å². The van der Waals surface area contributed by atoms with E-state index in [1.165, 1.54) is 6.66 Å². The Morgan fingerprint density at radius 3 is 1.90 bits per heavy atom. The molecule has 6 heteroatoms. The van der Waals surface area contributed by atoms with Gasteiger partial charge in [0, 0.05) is 19.5 Å². The van der Waals surface area contributed by atoms with Crippen LogP contribution in [0.5, 0.6) is 0 Å². The Kier molecular flexibility index (Phi) is 3.31. The summed E-state index contributed by atoms with van der Waals surface area (Å²) in [7, 11) is -6.37. The van der Waals surface area contributed by atoms with E-state index in [4.69, 9.17) is 4.89 Å². The van der Waals surface area contributed by atoms with Gasteiger partial charge < -0.3 is 4.89 Å². The molecule has 2 unspecified atom stereocenters. The Bertz CT molecular complexity index is 193. The SMILES string of the molecule is CCP(C)(=O)OP(C)(=O)O. The minimum Gasteiger partial charge on any atom is -0.324 e. The van der Waals surface area contributed by atoms with Crippen LogP contribution in [-0.2, 0) is 13.4 Å². The predicted octanol–water partition coefficient (Wildman–Crippen LogP) is 1.75. The zero-order chi connectivity index (χ0) is 8.41. The highest BCUT2D eigenvalue weighted by molar-refractivity contribution is 7.68. The van der Waals surface area contributed by atoms with Gasteiger partial charge in [0.1, 0.15) is 0 Å². The molecule has 0 fully saturated rings. The van der Waals surface area contributed by atoms with Gasteiger partial charge >= 0.3 is 7.60 Å². The van der Waals surface area contributed by atoms with Crippen LogP contribution >= 0.6 is 15.0 Å². The first-order valence-corrected chi connectivity index (χ1v) is 7.13. The van der Waals surface area contributed by atoms with Gasteiger partial charge in [-0.05, 0) is 0 Å². The van der Waals surface area contributed by atoms with E-state index in [1.807, 2.05) is 0 Å². The first-order chi connectivity index (χ1) is 4.27. The molecule has 0 aromatic rings. The molecule has 0 saturated carbocycles. The van der Waals surface area contributed by atoms with Crippen molar-refractivity contribution in [2.24, 2.45) is 0 Å². The molecule has 0 bridgehead atoms. The summed E-state index contributed by atoms with van der Waals surface area (Å²) in [5, 5.41) is 0. The molecule has 0 amide bonds. The number of hydrogen-bond donors (Lipinski definition) is 1. The summed E-state index contributed by atoms with van der Waals surface area (Å²) in [6.07, 6.45) is 0.283. The van der Waals surface area contributed by atoms with E-state index >= 15 is 0 Å². The lowest BCUT2D eigenvalue weighted by molar-refractivity contribution is 0.384. The maximum atomic E-state index is 11.0. The molecular weight excluding hydrogens is 174 g/mol. The highest BCUT2D eigenvalue weighted by atomic mass is 31.3. The molecule has 0 heterocycles. The molecule has 0 spiro atoms. The molecule has 0 aliphatic rings. The van der Waals surface area contributed by atoms with Gasteiger partial charge in [0.2, 0.25) is 7.37 Å². The quantitative estimate of drug-likeness (QED) is 0.682. The summed E-state index contributed by atoms with van der Waals surface area (Å²) in [5.74, 6) is 0. The molecule has 0 aliphatic heterocycles. The Morgan fingerprint density at radius 1 is 1.40 bits per heavy atom. The smallest absolute Gasteiger partial charge is 0.324 e. The third kappa shape index (κ3) is 5.19. The van der Waals surface area contributed by atoms with Crippen molar-refractivity contribution < 1.29 is 18.3 Å². The van der Waals surface area contributed by atoms with Gasteiger partial charge in [0.15, 0.2) is 0 Å². The molecule has 4 nitrogen and oxygen atoms in total. The second-order valence-corrected chi connectivity index (χ2v) is 7.13. The molecule has 0 aliphatic carbocycles. The van der Waals surface area contributed by atoms with E-state index in [2.05, 4.69) is 4.31 Å². The summed E-state index contributed by atoms with van der Waals surface area (Å²) in [6.45, 7) is 4.02. The number of rotatable bonds is 3. The van der Waals surface area contributed by atoms with Crippen molar-refractivity contribution in [2.75, 3.05) is 19.5 Å². The van der Waals surface area contributed by atoms with Crippen LogP contribution in [0.15, 0.2) is 0 Å². The molecule has 2 atom stereocenters. The fourth-order valence-corrected chi connectivity index (χ4v) is 3.40. The standard InChI is InChI=1S/C4H12O4P2/c1-4-9(2,5)8-10(3,6)7/h4H2,1-3H3,(H,6,7). The highest BCUT2D eigenvalue weighted by Gasteiger charge is 2.22. The fraction of sp³-hybridized carbons (Fsp3) is 1.00. The lowest BCUT2D eigenvalue weighted by atomic mass is 11.0. The molecule has 62 valence electrons. The van der Waals surface area contributed by atoms with E-state index in [1.54, 1.807) is 6.92 Å². The summed E-state index contributed by atoms with van der Waals surface area (Å²) in [4.78, 5) is 8.65. The average molecular weight is 186 g/mol. The average Bonchev–Trinajstić information content (AvgIpc) is 1.60. The van der Waals surface area contributed by atoms with E-state index in [9.17, 15) is 9.13 Å².